The van der Waals surface area contributed by atoms with Crippen LogP contribution in [0.1, 0.15) is 78.1 Å². The Morgan fingerprint density at radius 3 is 2.51 bits per heavy atom. The molecule has 0 radical (unpaired) electrons. The molecule has 6 rings (SSSR count). The molecule has 7 nitrogen and oxygen atoms in total. The van der Waals surface area contributed by atoms with Gasteiger partial charge in [-0.15, -0.1) is 0 Å². The number of hydrogen-bond acceptors (Lipinski definition) is 5. The first-order valence-electron chi connectivity index (χ1n) is 16.6. The average Bonchev–Trinajstić information content (AvgIpc) is 3.07. The third-order valence-electron chi connectivity index (χ3n) is 9.48. The summed E-state index contributed by atoms with van der Waals surface area (Å²) in [6.07, 6.45) is 9.34. The van der Waals surface area contributed by atoms with Crippen molar-refractivity contribution in [3.8, 4) is 0 Å². The van der Waals surface area contributed by atoms with Gasteiger partial charge in [-0.1, -0.05) is 59.6 Å². The fraction of sp³-hybridized carbons (Fsp3) is 0.359. The Labute approximate surface area is 281 Å². The second-order valence-electron chi connectivity index (χ2n) is 13.0. The molecule has 2 aliphatic rings. The molecule has 1 N–H and O–H groups in total. The minimum Gasteiger partial charge on any atom is -0.451 e. The van der Waals surface area contributed by atoms with Crippen LogP contribution in [0.15, 0.2) is 93.7 Å². The Kier molecular flexibility index (Phi) is 10.1. The number of piperidine rings is 1. The van der Waals surface area contributed by atoms with Crippen molar-refractivity contribution < 1.29 is 14.0 Å². The first-order valence-corrected chi connectivity index (χ1v) is 17.0. The fourth-order valence-corrected chi connectivity index (χ4v) is 6.99. The predicted octanol–water partition coefficient (Wildman–Crippen LogP) is 7.65. The van der Waals surface area contributed by atoms with Crippen LogP contribution >= 0.6 is 11.6 Å². The lowest BCUT2D eigenvalue weighted by atomic mass is 9.79. The van der Waals surface area contributed by atoms with Crippen LogP contribution in [0.2, 0.25) is 5.02 Å². The lowest BCUT2D eigenvalue weighted by molar-refractivity contribution is -0.133. The number of rotatable bonds is 9. The van der Waals surface area contributed by atoms with E-state index in [2.05, 4.69) is 35.7 Å². The number of carbonyl (C=O) groups excluding carboxylic acids is 2. The van der Waals surface area contributed by atoms with Gasteiger partial charge in [-0.25, -0.2) is 0 Å². The largest absolute Gasteiger partial charge is 0.451 e. The Morgan fingerprint density at radius 1 is 1.00 bits per heavy atom. The zero-order chi connectivity index (χ0) is 32.9. The van der Waals surface area contributed by atoms with Crippen molar-refractivity contribution in [2.24, 2.45) is 0 Å². The van der Waals surface area contributed by atoms with Crippen molar-refractivity contribution >= 4 is 40.1 Å². The maximum Gasteiger partial charge on any atom is 0.287 e. The number of halogens is 1. The topological polar surface area (TPSA) is 82.9 Å². The summed E-state index contributed by atoms with van der Waals surface area (Å²) in [4.78, 5) is 43.0. The maximum absolute atomic E-state index is 13.5. The van der Waals surface area contributed by atoms with Crippen LogP contribution < -0.4 is 15.6 Å². The summed E-state index contributed by atoms with van der Waals surface area (Å²) in [6.45, 7) is 1.52. The Bertz CT molecular complexity index is 1840. The monoisotopic (exact) mass is 651 g/mol. The number of carbonyl (C=O) groups is 2. The zero-order valence-corrected chi connectivity index (χ0v) is 27.9. The van der Waals surface area contributed by atoms with Gasteiger partial charge in [0.2, 0.25) is 5.91 Å². The molecule has 3 aromatic carbocycles. The van der Waals surface area contributed by atoms with E-state index in [1.807, 2.05) is 54.2 Å². The molecule has 1 saturated heterocycles. The summed E-state index contributed by atoms with van der Waals surface area (Å²) >= 11 is 6.15. The highest BCUT2D eigenvalue weighted by molar-refractivity contribution is 6.30. The highest BCUT2D eigenvalue weighted by Gasteiger charge is 2.25. The van der Waals surface area contributed by atoms with Gasteiger partial charge in [0.1, 0.15) is 5.58 Å². The minimum atomic E-state index is -0.425. The normalized spacial score (nSPS) is 17.4. The summed E-state index contributed by atoms with van der Waals surface area (Å²) in [5.74, 6) is 0.251. The van der Waals surface area contributed by atoms with Crippen molar-refractivity contribution in [3.05, 3.63) is 122 Å². The third-order valence-corrected chi connectivity index (χ3v) is 9.73. The van der Waals surface area contributed by atoms with Crippen molar-refractivity contribution in [1.82, 2.24) is 10.2 Å². The molecule has 2 fully saturated rings. The Balaban J connectivity index is 1.19. The highest BCUT2D eigenvalue weighted by atomic mass is 35.5. The minimum absolute atomic E-state index is 0.00730. The quantitative estimate of drug-likeness (QED) is 0.188. The number of benzene rings is 3. The van der Waals surface area contributed by atoms with Crippen LogP contribution in [-0.4, -0.2) is 43.4 Å². The lowest BCUT2D eigenvalue weighted by Crippen LogP contribution is -2.36. The van der Waals surface area contributed by atoms with Crippen LogP contribution in [0.25, 0.3) is 11.0 Å². The van der Waals surface area contributed by atoms with Crippen LogP contribution in [0, 0.1) is 0 Å². The number of anilines is 1. The summed E-state index contributed by atoms with van der Waals surface area (Å²) in [7, 11) is 3.82. The summed E-state index contributed by atoms with van der Waals surface area (Å²) in [5, 5.41) is 4.24. The fourth-order valence-electron chi connectivity index (χ4n) is 6.86. The van der Waals surface area contributed by atoms with Crippen LogP contribution in [0.3, 0.4) is 0 Å². The number of hydrogen-bond donors (Lipinski definition) is 1. The van der Waals surface area contributed by atoms with E-state index in [1.54, 1.807) is 12.1 Å². The molecule has 0 spiro atoms. The molecule has 0 unspecified atom stereocenters. The number of allylic oxidation sites excluding steroid dienone is 1. The van der Waals surface area contributed by atoms with E-state index in [-0.39, 0.29) is 23.1 Å². The molecular formula is C39H42ClN3O4. The molecule has 0 bridgehead atoms. The van der Waals surface area contributed by atoms with Gasteiger partial charge >= 0.3 is 0 Å². The highest BCUT2D eigenvalue weighted by Crippen LogP contribution is 2.37. The second-order valence-corrected chi connectivity index (χ2v) is 13.5. The third kappa shape index (κ3) is 7.96. The molecule has 1 aliphatic heterocycles. The maximum atomic E-state index is 13.5. The predicted molar refractivity (Wildman–Crippen MR) is 188 cm³/mol. The van der Waals surface area contributed by atoms with Gasteiger partial charge in [-0.3, -0.25) is 14.4 Å². The molecule has 1 aromatic heterocycles. The van der Waals surface area contributed by atoms with Crippen LogP contribution in [0.5, 0.6) is 0 Å². The smallest absolute Gasteiger partial charge is 0.287 e. The van der Waals surface area contributed by atoms with Gasteiger partial charge in [-0.05, 0) is 97.9 Å². The SMILES string of the molecule is CN(C)c1ccc2oc(C(=O)N[C@@H](C=C3CCC(c4ccccc4CN4CCCCC4=O)CC3)Cc3ccc(Cl)cc3)cc(=O)c2c1. The zero-order valence-electron chi connectivity index (χ0n) is 27.1. The van der Waals surface area contributed by atoms with E-state index in [4.69, 9.17) is 16.0 Å². The Morgan fingerprint density at radius 2 is 1.77 bits per heavy atom. The van der Waals surface area contributed by atoms with Crippen LogP contribution in [-0.2, 0) is 17.8 Å². The molecule has 1 atom stereocenters. The van der Waals surface area contributed by atoms with Gasteiger partial charge in [0.05, 0.1) is 11.4 Å². The molecule has 244 valence electrons. The summed E-state index contributed by atoms with van der Waals surface area (Å²) in [5.41, 5.74) is 5.96. The number of nitrogens with one attached hydrogen (secondary N) is 1. The number of likely N-dealkylation sites (tertiary alicyclic amines) is 1. The summed E-state index contributed by atoms with van der Waals surface area (Å²) < 4.78 is 5.94. The second kappa shape index (κ2) is 14.6. The van der Waals surface area contributed by atoms with Crippen molar-refractivity contribution in [2.45, 2.75) is 69.9 Å². The number of amides is 2. The molecule has 8 heteroatoms. The van der Waals surface area contributed by atoms with Crippen molar-refractivity contribution in [2.75, 3.05) is 25.5 Å². The first kappa shape index (κ1) is 32.6. The first-order chi connectivity index (χ1) is 22.7. The average molecular weight is 652 g/mol. The van der Waals surface area contributed by atoms with E-state index in [9.17, 15) is 14.4 Å². The molecular weight excluding hydrogens is 610 g/mol. The van der Waals surface area contributed by atoms with Gasteiger partial charge in [0.15, 0.2) is 11.2 Å². The molecule has 2 heterocycles. The van der Waals surface area contributed by atoms with Crippen molar-refractivity contribution in [3.63, 3.8) is 0 Å². The molecule has 1 aliphatic carbocycles. The van der Waals surface area contributed by atoms with Gasteiger partial charge in [0.25, 0.3) is 5.91 Å². The molecule has 4 aromatic rings. The molecule has 1 saturated carbocycles. The Hall–Kier alpha value is -4.36. The van der Waals surface area contributed by atoms with E-state index in [1.165, 1.54) is 22.8 Å². The van der Waals surface area contributed by atoms with Gasteiger partial charge in [0, 0.05) is 50.4 Å². The van der Waals surface area contributed by atoms with Gasteiger partial charge in [-0.2, -0.15) is 0 Å². The van der Waals surface area contributed by atoms with Crippen molar-refractivity contribution in [1.29, 1.82) is 0 Å². The summed E-state index contributed by atoms with van der Waals surface area (Å²) in [6, 6.07) is 22.6. The molecule has 2 amide bonds. The molecule has 47 heavy (non-hydrogen) atoms. The van der Waals surface area contributed by atoms with E-state index >= 15 is 0 Å². The van der Waals surface area contributed by atoms with E-state index in [0.717, 1.165) is 56.3 Å². The lowest BCUT2D eigenvalue weighted by Gasteiger charge is -2.31. The van der Waals surface area contributed by atoms with E-state index < -0.39 is 5.91 Å². The number of nitrogens with zero attached hydrogens (tertiary/aromatic N) is 2. The van der Waals surface area contributed by atoms with Gasteiger partial charge < -0.3 is 19.5 Å². The van der Waals surface area contributed by atoms with E-state index in [0.29, 0.717) is 41.3 Å². The van der Waals surface area contributed by atoms with Crippen LogP contribution in [0.4, 0.5) is 5.69 Å². The number of fused-ring (bicyclic) bond motifs is 1. The standard InChI is InChI=1S/C39H42ClN3O4/c1-42(2)32-18-19-36-34(23-32)35(44)24-37(47-36)39(46)41-31(22-27-12-16-30(40)17-13-27)21-26-10-14-28(15-11-26)33-8-4-3-7-29(33)25-43-20-6-5-9-38(43)45/h3-4,7-8,12-13,16-19,21,23-24,28,31H,5-6,9-11,14-15,20,22,25H2,1-2H3,(H,41,46)/t28?,31-/m0/s1.